The van der Waals surface area contributed by atoms with E-state index in [1.165, 1.54) is 13.2 Å². The number of aryl methyl sites for hydroxylation is 1. The van der Waals surface area contributed by atoms with Crippen molar-refractivity contribution in [2.24, 2.45) is 7.05 Å². The molecule has 0 saturated carbocycles. The molecule has 80 valence electrons. The first-order valence-electron chi connectivity index (χ1n) is 4.39. The molecular weight excluding hydrogens is 194 g/mol. The Hall–Kier alpha value is -1.91. The highest BCUT2D eigenvalue weighted by Gasteiger charge is 2.07. The molecule has 1 aromatic rings. The van der Waals surface area contributed by atoms with Gasteiger partial charge in [-0.1, -0.05) is 0 Å². The molecule has 0 amide bonds. The summed E-state index contributed by atoms with van der Waals surface area (Å²) in [7, 11) is 3.05. The molecule has 0 aliphatic heterocycles. The van der Waals surface area contributed by atoms with Crippen LogP contribution >= 0.6 is 0 Å². The number of ether oxygens (including phenoxy) is 1. The highest BCUT2D eigenvalue weighted by molar-refractivity contribution is 6.09. The molecule has 0 aliphatic rings. The lowest BCUT2D eigenvalue weighted by Gasteiger charge is -2.01. The Morgan fingerprint density at radius 3 is 2.80 bits per heavy atom. The van der Waals surface area contributed by atoms with Gasteiger partial charge in [-0.2, -0.15) is 5.10 Å². The fraction of sp³-hybridized carbons (Fsp3) is 0.300. The Labute approximate surface area is 87.9 Å². The third-order valence-electron chi connectivity index (χ3n) is 1.97. The Morgan fingerprint density at radius 2 is 2.33 bits per heavy atom. The summed E-state index contributed by atoms with van der Waals surface area (Å²) >= 11 is 0. The van der Waals surface area contributed by atoms with Crippen LogP contribution in [0.25, 0.3) is 0 Å². The number of nitrogens with one attached hydrogen (secondary N) is 1. The van der Waals surface area contributed by atoms with Crippen LogP contribution in [0.1, 0.15) is 12.6 Å². The summed E-state index contributed by atoms with van der Waals surface area (Å²) in [6.07, 6.45) is 3.06. The van der Waals surface area contributed by atoms with Crippen LogP contribution in [0.15, 0.2) is 23.9 Å². The van der Waals surface area contributed by atoms with Crippen LogP contribution in [0.3, 0.4) is 0 Å². The number of allylic oxidation sites excluding steroid dienone is 1. The molecule has 0 saturated heterocycles. The van der Waals surface area contributed by atoms with Gasteiger partial charge in [0.15, 0.2) is 0 Å². The summed E-state index contributed by atoms with van der Waals surface area (Å²) in [5.74, 6) is -0.429. The van der Waals surface area contributed by atoms with Crippen molar-refractivity contribution >= 4 is 11.7 Å². The van der Waals surface area contributed by atoms with Gasteiger partial charge in [-0.3, -0.25) is 10.1 Å². The molecule has 0 aliphatic carbocycles. The lowest BCUT2D eigenvalue weighted by Crippen LogP contribution is -2.08. The summed E-state index contributed by atoms with van der Waals surface area (Å²) in [4.78, 5) is 11.1. The van der Waals surface area contributed by atoms with Gasteiger partial charge in [0, 0.05) is 18.8 Å². The van der Waals surface area contributed by atoms with E-state index >= 15 is 0 Å². The summed E-state index contributed by atoms with van der Waals surface area (Å²) in [6.45, 7) is 1.61. The van der Waals surface area contributed by atoms with Crippen molar-refractivity contribution < 1.29 is 9.53 Å². The van der Waals surface area contributed by atoms with E-state index in [1.807, 2.05) is 0 Å². The number of hydrogen-bond acceptors (Lipinski definition) is 4. The third-order valence-corrected chi connectivity index (χ3v) is 1.97. The number of hydrogen-bond donors (Lipinski definition) is 1. The van der Waals surface area contributed by atoms with E-state index in [0.29, 0.717) is 11.3 Å². The van der Waals surface area contributed by atoms with Crippen LogP contribution in [-0.2, 0) is 16.6 Å². The fourth-order valence-electron chi connectivity index (χ4n) is 1.15. The summed E-state index contributed by atoms with van der Waals surface area (Å²) in [5.41, 5.74) is 1.28. The monoisotopic (exact) mass is 207 g/mol. The fourth-order valence-corrected chi connectivity index (χ4v) is 1.15. The molecule has 5 nitrogen and oxygen atoms in total. The smallest absolute Gasteiger partial charge is 0.333 e. The van der Waals surface area contributed by atoms with Gasteiger partial charge in [0.05, 0.1) is 18.5 Å². The zero-order valence-electron chi connectivity index (χ0n) is 8.94. The standard InChI is InChI=1S/C10H13N3O2/c1-7(10(14)15-3)6-8(11)9-4-5-12-13(9)2/h4-6,11H,1-3H3/b7-6+,11-8?. The van der Waals surface area contributed by atoms with Crippen LogP contribution in [-0.4, -0.2) is 28.6 Å². The van der Waals surface area contributed by atoms with Crippen LogP contribution in [0, 0.1) is 5.41 Å². The van der Waals surface area contributed by atoms with Crippen molar-refractivity contribution in [1.29, 1.82) is 5.41 Å². The minimum atomic E-state index is -0.429. The minimum Gasteiger partial charge on any atom is -0.466 e. The molecule has 1 N–H and O–H groups in total. The molecule has 0 fully saturated rings. The van der Waals surface area contributed by atoms with Crippen molar-refractivity contribution in [3.8, 4) is 0 Å². The second kappa shape index (κ2) is 4.54. The number of carbonyl (C=O) groups is 1. The first-order chi connectivity index (χ1) is 7.06. The van der Waals surface area contributed by atoms with Gasteiger partial charge < -0.3 is 4.74 Å². The molecule has 0 unspecified atom stereocenters. The van der Waals surface area contributed by atoms with Crippen molar-refractivity contribution in [1.82, 2.24) is 9.78 Å². The van der Waals surface area contributed by atoms with Crippen molar-refractivity contribution in [3.63, 3.8) is 0 Å². The normalized spacial score (nSPS) is 11.3. The molecule has 1 aromatic heterocycles. The van der Waals surface area contributed by atoms with Gasteiger partial charge in [-0.15, -0.1) is 0 Å². The number of esters is 1. The largest absolute Gasteiger partial charge is 0.466 e. The van der Waals surface area contributed by atoms with E-state index in [2.05, 4.69) is 9.84 Å². The average Bonchev–Trinajstić information content (AvgIpc) is 2.63. The lowest BCUT2D eigenvalue weighted by atomic mass is 10.2. The van der Waals surface area contributed by atoms with Crippen LogP contribution in [0.2, 0.25) is 0 Å². The van der Waals surface area contributed by atoms with Crippen molar-refractivity contribution in [2.75, 3.05) is 7.11 Å². The zero-order valence-corrected chi connectivity index (χ0v) is 8.94. The maximum atomic E-state index is 11.1. The number of aromatic nitrogens is 2. The van der Waals surface area contributed by atoms with Gasteiger partial charge in [-0.05, 0) is 19.1 Å². The maximum Gasteiger partial charge on any atom is 0.333 e. The third kappa shape index (κ3) is 2.52. The SMILES string of the molecule is COC(=O)/C(C)=C/C(=N)c1ccnn1C. The number of methoxy groups -OCH3 is 1. The van der Waals surface area contributed by atoms with E-state index < -0.39 is 5.97 Å². The second-order valence-electron chi connectivity index (χ2n) is 3.07. The first-order valence-corrected chi connectivity index (χ1v) is 4.39. The Bertz CT molecular complexity index is 418. The van der Waals surface area contributed by atoms with E-state index in [1.54, 1.807) is 30.9 Å². The summed E-state index contributed by atoms with van der Waals surface area (Å²) in [5, 5.41) is 11.7. The van der Waals surface area contributed by atoms with Crippen LogP contribution in [0.5, 0.6) is 0 Å². The predicted octanol–water partition coefficient (Wildman–Crippen LogP) is 0.907. The maximum absolute atomic E-state index is 11.1. The van der Waals surface area contributed by atoms with Crippen LogP contribution in [0.4, 0.5) is 0 Å². The molecule has 0 radical (unpaired) electrons. The number of rotatable bonds is 3. The highest BCUT2D eigenvalue weighted by atomic mass is 16.5. The van der Waals surface area contributed by atoms with Crippen molar-refractivity contribution in [3.05, 3.63) is 29.6 Å². The molecule has 0 atom stereocenters. The highest BCUT2D eigenvalue weighted by Crippen LogP contribution is 2.03. The van der Waals surface area contributed by atoms with Gasteiger partial charge in [0.2, 0.25) is 0 Å². The van der Waals surface area contributed by atoms with Crippen molar-refractivity contribution in [2.45, 2.75) is 6.92 Å². The summed E-state index contributed by atoms with van der Waals surface area (Å²) < 4.78 is 6.11. The van der Waals surface area contributed by atoms with Crippen LogP contribution < -0.4 is 0 Å². The van der Waals surface area contributed by atoms with E-state index in [9.17, 15) is 4.79 Å². The predicted molar refractivity (Wildman–Crippen MR) is 55.8 cm³/mol. The molecule has 0 spiro atoms. The first kappa shape index (κ1) is 11.2. The number of nitrogens with zero attached hydrogens (tertiary/aromatic N) is 2. The molecule has 0 aromatic carbocycles. The minimum absolute atomic E-state index is 0.234. The Balaban J connectivity index is 2.89. The zero-order chi connectivity index (χ0) is 11.4. The second-order valence-corrected chi connectivity index (χ2v) is 3.07. The topological polar surface area (TPSA) is 68.0 Å². The van der Waals surface area contributed by atoms with Gasteiger partial charge in [0.1, 0.15) is 0 Å². The molecule has 15 heavy (non-hydrogen) atoms. The van der Waals surface area contributed by atoms with Gasteiger partial charge >= 0.3 is 5.97 Å². The lowest BCUT2D eigenvalue weighted by molar-refractivity contribution is -0.136. The molecular formula is C10H13N3O2. The number of carbonyl (C=O) groups excluding carboxylic acids is 1. The van der Waals surface area contributed by atoms with Gasteiger partial charge in [0.25, 0.3) is 0 Å². The average molecular weight is 207 g/mol. The Kier molecular flexibility index (Phi) is 3.38. The Morgan fingerprint density at radius 1 is 1.67 bits per heavy atom. The molecule has 5 heteroatoms. The van der Waals surface area contributed by atoms with Gasteiger partial charge in [-0.25, -0.2) is 4.79 Å². The summed E-state index contributed by atoms with van der Waals surface area (Å²) in [6, 6.07) is 1.71. The van der Waals surface area contributed by atoms with E-state index in [0.717, 1.165) is 0 Å². The quantitative estimate of drug-likeness (QED) is 0.455. The molecule has 1 rings (SSSR count). The molecule has 1 heterocycles. The van der Waals surface area contributed by atoms with E-state index in [4.69, 9.17) is 5.41 Å². The molecule has 0 bridgehead atoms. The van der Waals surface area contributed by atoms with E-state index in [-0.39, 0.29) is 5.71 Å².